The molecule has 144 valence electrons. The molecule has 0 aromatic heterocycles. The zero-order valence-corrected chi connectivity index (χ0v) is 16.4. The van der Waals surface area contributed by atoms with Gasteiger partial charge in [-0.3, -0.25) is 9.69 Å². The molecular weight excluding hydrogens is 364 g/mol. The lowest BCUT2D eigenvalue weighted by molar-refractivity contribution is -0.142. The summed E-state index contributed by atoms with van der Waals surface area (Å²) in [5, 5.41) is 11.5. The standard InChI is InChI=1S/C21H25ClN2O3/c1-23(2)21(16-8-4-3-5-9-16)12-13-24(14-19(21)25)20(26)15-27-18-11-7-6-10-17(18)22/h3-11,19,25H,12-15H2,1-2H3/t19-,21+/m1/s1. The largest absolute Gasteiger partial charge is 0.482 e. The molecule has 3 rings (SSSR count). The lowest BCUT2D eigenvalue weighted by Gasteiger charge is -2.49. The Balaban J connectivity index is 1.68. The smallest absolute Gasteiger partial charge is 0.260 e. The highest BCUT2D eigenvalue weighted by atomic mass is 35.5. The molecular formula is C21H25ClN2O3. The van der Waals surface area contributed by atoms with Crippen molar-refractivity contribution in [3.05, 3.63) is 65.2 Å². The van der Waals surface area contributed by atoms with Gasteiger partial charge in [0.05, 0.1) is 16.7 Å². The highest BCUT2D eigenvalue weighted by molar-refractivity contribution is 6.32. The van der Waals surface area contributed by atoms with Crippen molar-refractivity contribution in [1.29, 1.82) is 0 Å². The van der Waals surface area contributed by atoms with Crippen molar-refractivity contribution in [2.45, 2.75) is 18.1 Å². The summed E-state index contributed by atoms with van der Waals surface area (Å²) >= 11 is 6.06. The normalized spacial score (nSPS) is 22.7. The Labute approximate surface area is 165 Å². The minimum atomic E-state index is -0.701. The number of piperidine rings is 1. The van der Waals surface area contributed by atoms with Crippen LogP contribution in [0.25, 0.3) is 0 Å². The lowest BCUT2D eigenvalue weighted by atomic mass is 9.77. The number of carbonyl (C=O) groups is 1. The number of aliphatic hydroxyl groups is 1. The first-order valence-corrected chi connectivity index (χ1v) is 9.39. The van der Waals surface area contributed by atoms with Crippen molar-refractivity contribution in [2.75, 3.05) is 33.8 Å². The van der Waals surface area contributed by atoms with E-state index in [4.69, 9.17) is 16.3 Å². The van der Waals surface area contributed by atoms with Gasteiger partial charge in [-0.25, -0.2) is 0 Å². The van der Waals surface area contributed by atoms with E-state index in [1.807, 2.05) is 56.6 Å². The molecule has 1 fully saturated rings. The topological polar surface area (TPSA) is 53.0 Å². The molecule has 1 aliphatic rings. The molecule has 2 atom stereocenters. The fourth-order valence-corrected chi connectivity index (χ4v) is 3.98. The second kappa shape index (κ2) is 8.30. The lowest BCUT2D eigenvalue weighted by Crippen LogP contribution is -2.61. The summed E-state index contributed by atoms with van der Waals surface area (Å²) in [6.45, 7) is 0.712. The molecule has 0 aliphatic carbocycles. The van der Waals surface area contributed by atoms with Gasteiger partial charge in [-0.15, -0.1) is 0 Å². The molecule has 6 heteroatoms. The molecule has 1 saturated heterocycles. The minimum Gasteiger partial charge on any atom is -0.482 e. The number of benzene rings is 2. The number of likely N-dealkylation sites (N-methyl/N-ethyl adjacent to an activating group) is 1. The van der Waals surface area contributed by atoms with Crippen LogP contribution in [0.1, 0.15) is 12.0 Å². The Hall–Kier alpha value is -2.08. The highest BCUT2D eigenvalue weighted by Gasteiger charge is 2.46. The average molecular weight is 389 g/mol. The molecule has 27 heavy (non-hydrogen) atoms. The number of likely N-dealkylation sites (tertiary alicyclic amines) is 1. The van der Waals surface area contributed by atoms with E-state index in [1.165, 1.54) is 0 Å². The number of aliphatic hydroxyl groups excluding tert-OH is 1. The van der Waals surface area contributed by atoms with Crippen molar-refractivity contribution in [1.82, 2.24) is 9.80 Å². The third-order valence-electron chi connectivity index (χ3n) is 5.32. The first-order chi connectivity index (χ1) is 12.9. The van der Waals surface area contributed by atoms with Gasteiger partial charge in [0.2, 0.25) is 0 Å². The first kappa shape index (κ1) is 19.7. The average Bonchev–Trinajstić information content (AvgIpc) is 2.67. The first-order valence-electron chi connectivity index (χ1n) is 9.01. The number of para-hydroxylation sites is 1. The Bertz CT molecular complexity index is 784. The number of hydrogen-bond acceptors (Lipinski definition) is 4. The van der Waals surface area contributed by atoms with Crippen LogP contribution in [0.3, 0.4) is 0 Å². The van der Waals surface area contributed by atoms with E-state index in [9.17, 15) is 9.90 Å². The molecule has 0 spiro atoms. The van der Waals surface area contributed by atoms with Crippen LogP contribution in [-0.2, 0) is 10.3 Å². The molecule has 0 unspecified atom stereocenters. The monoisotopic (exact) mass is 388 g/mol. The Kier molecular flexibility index (Phi) is 6.05. The van der Waals surface area contributed by atoms with Crippen LogP contribution in [0.15, 0.2) is 54.6 Å². The maximum absolute atomic E-state index is 12.6. The molecule has 0 saturated carbocycles. The zero-order valence-electron chi connectivity index (χ0n) is 15.6. The van der Waals surface area contributed by atoms with E-state index in [1.54, 1.807) is 17.0 Å². The van der Waals surface area contributed by atoms with Crippen LogP contribution < -0.4 is 4.74 Å². The minimum absolute atomic E-state index is 0.100. The number of nitrogens with zero attached hydrogens (tertiary/aromatic N) is 2. The van der Waals surface area contributed by atoms with Gasteiger partial charge < -0.3 is 14.7 Å². The van der Waals surface area contributed by atoms with Crippen molar-refractivity contribution < 1.29 is 14.6 Å². The molecule has 1 amide bonds. The summed E-state index contributed by atoms with van der Waals surface area (Å²) in [6.07, 6.45) is -0.0591. The SMILES string of the molecule is CN(C)[C@]1(c2ccccc2)CCN(C(=O)COc2ccccc2Cl)C[C@H]1O. The Morgan fingerprint density at radius 2 is 1.89 bits per heavy atom. The summed E-state index contributed by atoms with van der Waals surface area (Å²) < 4.78 is 5.56. The van der Waals surface area contributed by atoms with Crippen LogP contribution in [0.4, 0.5) is 0 Å². The second-order valence-electron chi connectivity index (χ2n) is 7.01. The van der Waals surface area contributed by atoms with Gasteiger partial charge in [0.15, 0.2) is 6.61 Å². The highest BCUT2D eigenvalue weighted by Crippen LogP contribution is 2.37. The zero-order chi connectivity index (χ0) is 19.4. The van der Waals surface area contributed by atoms with Crippen molar-refractivity contribution in [3.8, 4) is 5.75 Å². The number of hydrogen-bond donors (Lipinski definition) is 1. The predicted octanol–water partition coefficient (Wildman–Crippen LogP) is 2.77. The van der Waals surface area contributed by atoms with E-state index in [2.05, 4.69) is 4.90 Å². The van der Waals surface area contributed by atoms with Gasteiger partial charge >= 0.3 is 0 Å². The Morgan fingerprint density at radius 3 is 2.52 bits per heavy atom. The maximum atomic E-state index is 12.6. The van der Waals surface area contributed by atoms with Gasteiger partial charge in [-0.05, 0) is 38.2 Å². The predicted molar refractivity (Wildman–Crippen MR) is 106 cm³/mol. The van der Waals surface area contributed by atoms with E-state index < -0.39 is 11.6 Å². The molecule has 2 aromatic carbocycles. The molecule has 2 aromatic rings. The summed E-state index contributed by atoms with van der Waals surface area (Å²) in [5.74, 6) is 0.325. The summed E-state index contributed by atoms with van der Waals surface area (Å²) in [4.78, 5) is 16.3. The van der Waals surface area contributed by atoms with E-state index in [0.717, 1.165) is 5.56 Å². The maximum Gasteiger partial charge on any atom is 0.260 e. The van der Waals surface area contributed by atoms with Crippen LogP contribution in [0.2, 0.25) is 5.02 Å². The summed E-state index contributed by atoms with van der Waals surface area (Å²) in [6, 6.07) is 17.0. The Morgan fingerprint density at radius 1 is 1.22 bits per heavy atom. The molecule has 0 radical (unpaired) electrons. The second-order valence-corrected chi connectivity index (χ2v) is 7.42. The van der Waals surface area contributed by atoms with Crippen LogP contribution in [0.5, 0.6) is 5.75 Å². The van der Waals surface area contributed by atoms with Gasteiger partial charge in [-0.1, -0.05) is 54.1 Å². The molecule has 1 N–H and O–H groups in total. The third kappa shape index (κ3) is 3.95. The molecule has 1 aliphatic heterocycles. The molecule has 1 heterocycles. The molecule has 0 bridgehead atoms. The van der Waals surface area contributed by atoms with Crippen molar-refractivity contribution in [3.63, 3.8) is 0 Å². The van der Waals surface area contributed by atoms with Crippen LogP contribution in [0, 0.1) is 0 Å². The van der Waals surface area contributed by atoms with E-state index in [0.29, 0.717) is 23.7 Å². The van der Waals surface area contributed by atoms with Crippen LogP contribution >= 0.6 is 11.6 Å². The van der Waals surface area contributed by atoms with Crippen molar-refractivity contribution >= 4 is 17.5 Å². The van der Waals surface area contributed by atoms with Gasteiger partial charge in [0.25, 0.3) is 5.91 Å². The van der Waals surface area contributed by atoms with Gasteiger partial charge in [-0.2, -0.15) is 0 Å². The number of halogens is 1. The van der Waals surface area contributed by atoms with Crippen molar-refractivity contribution in [2.24, 2.45) is 0 Å². The van der Waals surface area contributed by atoms with Crippen LogP contribution in [-0.4, -0.2) is 60.7 Å². The third-order valence-corrected chi connectivity index (χ3v) is 5.63. The van der Waals surface area contributed by atoms with Gasteiger partial charge in [0, 0.05) is 13.1 Å². The fraction of sp³-hybridized carbons (Fsp3) is 0.381. The fourth-order valence-electron chi connectivity index (χ4n) is 3.79. The molecule has 5 nitrogen and oxygen atoms in total. The van der Waals surface area contributed by atoms with E-state index in [-0.39, 0.29) is 19.1 Å². The summed E-state index contributed by atoms with van der Waals surface area (Å²) in [5.41, 5.74) is 0.545. The number of ether oxygens (including phenoxy) is 1. The quantitative estimate of drug-likeness (QED) is 0.855. The van der Waals surface area contributed by atoms with E-state index >= 15 is 0 Å². The number of carbonyl (C=O) groups excluding carboxylic acids is 1. The number of β-amino-alcohol motifs (C(OH)–C–C–N with tert-alkyl or cyclic N) is 1. The van der Waals surface area contributed by atoms with Gasteiger partial charge in [0.1, 0.15) is 5.75 Å². The number of amides is 1. The summed E-state index contributed by atoms with van der Waals surface area (Å²) in [7, 11) is 3.93. The number of rotatable bonds is 5.